The van der Waals surface area contributed by atoms with Crippen molar-refractivity contribution in [3.05, 3.63) is 35.9 Å². The first-order chi connectivity index (χ1) is 9.20. The molecule has 5 nitrogen and oxygen atoms in total. The Labute approximate surface area is 113 Å². The van der Waals surface area contributed by atoms with E-state index >= 15 is 0 Å². The van der Waals surface area contributed by atoms with E-state index in [1.807, 2.05) is 26.1 Å². The van der Waals surface area contributed by atoms with Gasteiger partial charge >= 0.3 is 0 Å². The zero-order valence-electron chi connectivity index (χ0n) is 11.7. The van der Waals surface area contributed by atoms with E-state index in [2.05, 4.69) is 27.1 Å². The molecule has 5 heteroatoms. The Bertz CT molecular complexity index is 524. The molecule has 0 aliphatic heterocycles. The largest absolute Gasteiger partial charge is 0.469 e. The molecule has 0 saturated carbocycles. The molecule has 2 aromatic heterocycles. The fourth-order valence-corrected chi connectivity index (χ4v) is 1.80. The van der Waals surface area contributed by atoms with Gasteiger partial charge in [-0.2, -0.15) is 4.98 Å². The third-order valence-corrected chi connectivity index (χ3v) is 2.94. The van der Waals surface area contributed by atoms with E-state index in [1.165, 1.54) is 5.56 Å². The summed E-state index contributed by atoms with van der Waals surface area (Å²) in [4.78, 5) is 10.8. The maximum Gasteiger partial charge on any atom is 0.224 e. The van der Waals surface area contributed by atoms with Gasteiger partial charge in [0.15, 0.2) is 0 Å². The van der Waals surface area contributed by atoms with E-state index in [-0.39, 0.29) is 0 Å². The van der Waals surface area contributed by atoms with E-state index in [1.54, 1.807) is 12.5 Å². The first-order valence-electron chi connectivity index (χ1n) is 6.51. The molecule has 2 rings (SSSR count). The SMILES string of the molecule is CCCNc1nccc(N(C)Cc2ccoc2C)n1. The Morgan fingerprint density at radius 2 is 2.21 bits per heavy atom. The minimum atomic E-state index is 0.676. The third kappa shape index (κ3) is 3.47. The number of aryl methyl sites for hydroxylation is 1. The van der Waals surface area contributed by atoms with Crippen LogP contribution in [0.3, 0.4) is 0 Å². The van der Waals surface area contributed by atoms with Crippen LogP contribution in [0.25, 0.3) is 0 Å². The van der Waals surface area contributed by atoms with E-state index < -0.39 is 0 Å². The molecule has 2 heterocycles. The molecule has 0 bridgehead atoms. The lowest BCUT2D eigenvalue weighted by Gasteiger charge is -2.18. The zero-order chi connectivity index (χ0) is 13.7. The van der Waals surface area contributed by atoms with Crippen LogP contribution in [0, 0.1) is 6.92 Å². The summed E-state index contributed by atoms with van der Waals surface area (Å²) in [6.07, 6.45) is 4.55. The smallest absolute Gasteiger partial charge is 0.224 e. The van der Waals surface area contributed by atoms with Crippen LogP contribution >= 0.6 is 0 Å². The normalized spacial score (nSPS) is 10.5. The summed E-state index contributed by atoms with van der Waals surface area (Å²) < 4.78 is 5.31. The maximum absolute atomic E-state index is 5.31. The van der Waals surface area contributed by atoms with Gasteiger partial charge in [-0.05, 0) is 25.5 Å². The van der Waals surface area contributed by atoms with Gasteiger partial charge in [-0.25, -0.2) is 4.98 Å². The Morgan fingerprint density at radius 3 is 2.89 bits per heavy atom. The standard InChI is InChI=1S/C14H20N4O/c1-4-7-15-14-16-8-5-13(17-14)18(3)10-12-6-9-19-11(12)2/h5-6,8-9H,4,7,10H2,1-3H3,(H,15,16,17). The lowest BCUT2D eigenvalue weighted by atomic mass is 10.2. The molecule has 0 spiro atoms. The second-order valence-corrected chi connectivity index (χ2v) is 4.52. The van der Waals surface area contributed by atoms with E-state index in [4.69, 9.17) is 4.42 Å². The minimum Gasteiger partial charge on any atom is -0.469 e. The number of anilines is 2. The topological polar surface area (TPSA) is 54.2 Å². The van der Waals surface area contributed by atoms with Crippen molar-refractivity contribution in [2.75, 3.05) is 23.8 Å². The zero-order valence-corrected chi connectivity index (χ0v) is 11.7. The summed E-state index contributed by atoms with van der Waals surface area (Å²) in [5.41, 5.74) is 1.17. The highest BCUT2D eigenvalue weighted by Gasteiger charge is 2.08. The predicted octanol–water partition coefficient (Wildman–Crippen LogP) is 2.84. The Kier molecular flexibility index (Phi) is 4.39. The summed E-state index contributed by atoms with van der Waals surface area (Å²) in [5, 5.41) is 3.19. The highest BCUT2D eigenvalue weighted by molar-refractivity contribution is 5.42. The summed E-state index contributed by atoms with van der Waals surface area (Å²) in [7, 11) is 2.01. The van der Waals surface area contributed by atoms with Gasteiger partial charge in [0.05, 0.1) is 6.26 Å². The third-order valence-electron chi connectivity index (χ3n) is 2.94. The molecule has 0 aliphatic rings. The lowest BCUT2D eigenvalue weighted by Crippen LogP contribution is -2.18. The number of hydrogen-bond donors (Lipinski definition) is 1. The molecule has 0 aromatic carbocycles. The number of nitrogens with zero attached hydrogens (tertiary/aromatic N) is 3. The van der Waals surface area contributed by atoms with Crippen molar-refractivity contribution < 1.29 is 4.42 Å². The van der Waals surface area contributed by atoms with E-state index in [0.717, 1.165) is 31.1 Å². The van der Waals surface area contributed by atoms with Crippen LogP contribution in [0.2, 0.25) is 0 Å². The fraction of sp³-hybridized carbons (Fsp3) is 0.429. The van der Waals surface area contributed by atoms with Crippen LogP contribution in [-0.4, -0.2) is 23.6 Å². The fourth-order valence-electron chi connectivity index (χ4n) is 1.80. The number of rotatable bonds is 6. The summed E-state index contributed by atoms with van der Waals surface area (Å²) >= 11 is 0. The predicted molar refractivity (Wildman–Crippen MR) is 76.4 cm³/mol. The van der Waals surface area contributed by atoms with Crippen molar-refractivity contribution in [1.82, 2.24) is 9.97 Å². The summed E-state index contributed by atoms with van der Waals surface area (Å²) in [5.74, 6) is 2.52. The summed E-state index contributed by atoms with van der Waals surface area (Å²) in [6, 6.07) is 3.90. The molecule has 2 aromatic rings. The van der Waals surface area contributed by atoms with Gasteiger partial charge in [0.1, 0.15) is 11.6 Å². The van der Waals surface area contributed by atoms with Crippen LogP contribution in [-0.2, 0) is 6.54 Å². The molecular formula is C14H20N4O. The average molecular weight is 260 g/mol. The molecule has 0 atom stereocenters. The minimum absolute atomic E-state index is 0.676. The second-order valence-electron chi connectivity index (χ2n) is 4.52. The molecular weight excluding hydrogens is 240 g/mol. The molecule has 0 unspecified atom stereocenters. The average Bonchev–Trinajstić information content (AvgIpc) is 2.82. The molecule has 102 valence electrons. The van der Waals surface area contributed by atoms with E-state index in [0.29, 0.717) is 5.95 Å². The van der Waals surface area contributed by atoms with Crippen molar-refractivity contribution in [3.63, 3.8) is 0 Å². The molecule has 0 fully saturated rings. The van der Waals surface area contributed by atoms with Gasteiger partial charge < -0.3 is 14.6 Å². The molecule has 0 radical (unpaired) electrons. The van der Waals surface area contributed by atoms with E-state index in [9.17, 15) is 0 Å². The van der Waals surface area contributed by atoms with Crippen molar-refractivity contribution in [1.29, 1.82) is 0 Å². The number of nitrogens with one attached hydrogen (secondary N) is 1. The highest BCUT2D eigenvalue weighted by atomic mass is 16.3. The monoisotopic (exact) mass is 260 g/mol. The van der Waals surface area contributed by atoms with Gasteiger partial charge in [0, 0.05) is 31.9 Å². The first-order valence-corrected chi connectivity index (χ1v) is 6.51. The lowest BCUT2D eigenvalue weighted by molar-refractivity contribution is 0.529. The first kappa shape index (κ1) is 13.4. The van der Waals surface area contributed by atoms with Gasteiger partial charge in [-0.15, -0.1) is 0 Å². The maximum atomic E-state index is 5.31. The molecule has 1 N–H and O–H groups in total. The number of aromatic nitrogens is 2. The van der Waals surface area contributed by atoms with Crippen LogP contribution in [0.1, 0.15) is 24.7 Å². The Hall–Kier alpha value is -2.04. The molecule has 0 saturated heterocycles. The van der Waals surface area contributed by atoms with Crippen molar-refractivity contribution in [2.24, 2.45) is 0 Å². The van der Waals surface area contributed by atoms with Crippen molar-refractivity contribution in [3.8, 4) is 0 Å². The van der Waals surface area contributed by atoms with Crippen LogP contribution in [0.15, 0.2) is 29.0 Å². The van der Waals surface area contributed by atoms with Crippen LogP contribution in [0.4, 0.5) is 11.8 Å². The van der Waals surface area contributed by atoms with Gasteiger partial charge in [0.2, 0.25) is 5.95 Å². The second kappa shape index (κ2) is 6.22. The van der Waals surface area contributed by atoms with Gasteiger partial charge in [0.25, 0.3) is 0 Å². The number of hydrogen-bond acceptors (Lipinski definition) is 5. The van der Waals surface area contributed by atoms with Crippen LogP contribution < -0.4 is 10.2 Å². The summed E-state index contributed by atoms with van der Waals surface area (Å²) in [6.45, 7) is 5.74. The molecule has 0 amide bonds. The van der Waals surface area contributed by atoms with Crippen LogP contribution in [0.5, 0.6) is 0 Å². The van der Waals surface area contributed by atoms with Crippen molar-refractivity contribution >= 4 is 11.8 Å². The van der Waals surface area contributed by atoms with Gasteiger partial charge in [-0.3, -0.25) is 0 Å². The Morgan fingerprint density at radius 1 is 1.37 bits per heavy atom. The Balaban J connectivity index is 2.06. The van der Waals surface area contributed by atoms with Gasteiger partial charge in [-0.1, -0.05) is 6.92 Å². The molecule has 19 heavy (non-hydrogen) atoms. The van der Waals surface area contributed by atoms with Crippen molar-refractivity contribution in [2.45, 2.75) is 26.8 Å². The highest BCUT2D eigenvalue weighted by Crippen LogP contribution is 2.16. The number of furan rings is 1. The molecule has 0 aliphatic carbocycles. The quantitative estimate of drug-likeness (QED) is 0.865.